The first-order valence-corrected chi connectivity index (χ1v) is 18.4. The van der Waals surface area contributed by atoms with Crippen LogP contribution in [0.5, 0.6) is 5.75 Å². The highest BCUT2D eigenvalue weighted by atomic mass is 28.3. The molecule has 2 atom stereocenters. The number of benzene rings is 1. The zero-order valence-corrected chi connectivity index (χ0v) is 28.1. The zero-order chi connectivity index (χ0) is 33.1. The molecular formula is C33H41N3O8Si. The second kappa shape index (κ2) is 11.3. The fraction of sp³-hybridized carbons (Fsp3) is 0.485. The van der Waals surface area contributed by atoms with Crippen LogP contribution in [0.1, 0.15) is 76.8 Å². The van der Waals surface area contributed by atoms with Crippen molar-refractivity contribution in [2.45, 2.75) is 96.5 Å². The molecule has 45 heavy (non-hydrogen) atoms. The maximum Gasteiger partial charge on any atom is 0.407 e. The Hall–Kier alpha value is -4.19. The summed E-state index contributed by atoms with van der Waals surface area (Å²) in [6.45, 7) is 15.4. The van der Waals surface area contributed by atoms with Gasteiger partial charge < -0.3 is 29.2 Å². The molecule has 240 valence electrons. The van der Waals surface area contributed by atoms with Crippen LogP contribution in [0.15, 0.2) is 35.1 Å². The number of nitrogens with one attached hydrogen (secondary N) is 1. The molecule has 2 aromatic heterocycles. The molecular weight excluding hydrogens is 594 g/mol. The van der Waals surface area contributed by atoms with Gasteiger partial charge in [0.2, 0.25) is 5.60 Å². The molecule has 0 fully saturated rings. The number of carbonyl (C=O) groups is 3. The third-order valence-corrected chi connectivity index (χ3v) is 13.7. The van der Waals surface area contributed by atoms with Crippen molar-refractivity contribution in [3.63, 3.8) is 0 Å². The number of esters is 2. The first kappa shape index (κ1) is 32.2. The molecule has 2 N–H and O–H groups in total. The minimum atomic E-state index is -2.43. The number of carbonyl (C=O) groups excluding carboxylic acids is 3. The van der Waals surface area contributed by atoms with Gasteiger partial charge in [-0.2, -0.15) is 0 Å². The van der Waals surface area contributed by atoms with Crippen LogP contribution in [0.3, 0.4) is 0 Å². The lowest BCUT2D eigenvalue weighted by molar-refractivity contribution is -0.190. The van der Waals surface area contributed by atoms with Crippen LogP contribution in [0, 0.1) is 0 Å². The lowest BCUT2D eigenvalue weighted by Crippen LogP contribution is -2.54. The molecule has 0 radical (unpaired) electrons. The van der Waals surface area contributed by atoms with Crippen molar-refractivity contribution in [2.75, 3.05) is 6.54 Å². The molecule has 0 saturated carbocycles. The molecule has 5 rings (SSSR count). The summed E-state index contributed by atoms with van der Waals surface area (Å²) >= 11 is 0. The molecule has 1 aromatic carbocycles. The first-order valence-electron chi connectivity index (χ1n) is 15.3. The minimum Gasteiger partial charge on any atom is -0.508 e. The monoisotopic (exact) mass is 635 g/mol. The van der Waals surface area contributed by atoms with E-state index in [4.69, 9.17) is 19.2 Å². The lowest BCUT2D eigenvalue weighted by Gasteiger charge is -2.44. The highest BCUT2D eigenvalue weighted by Crippen LogP contribution is 2.48. The van der Waals surface area contributed by atoms with Gasteiger partial charge in [-0.05, 0) is 63.1 Å². The van der Waals surface area contributed by atoms with Gasteiger partial charge in [0, 0.05) is 23.1 Å². The van der Waals surface area contributed by atoms with Gasteiger partial charge >= 0.3 is 18.0 Å². The molecule has 2 unspecified atom stereocenters. The average molecular weight is 636 g/mol. The summed E-state index contributed by atoms with van der Waals surface area (Å²) in [6, 6.07) is 8.54. The van der Waals surface area contributed by atoms with Gasteiger partial charge in [-0.3, -0.25) is 9.59 Å². The smallest absolute Gasteiger partial charge is 0.407 e. The largest absolute Gasteiger partial charge is 0.508 e. The number of ether oxygens (including phenoxy) is 3. The number of pyridine rings is 2. The van der Waals surface area contributed by atoms with Crippen LogP contribution in [0.4, 0.5) is 4.79 Å². The van der Waals surface area contributed by atoms with E-state index < -0.39 is 43.0 Å². The van der Waals surface area contributed by atoms with Crippen molar-refractivity contribution in [3.05, 3.63) is 57.4 Å². The Bertz CT molecular complexity index is 1770. The number of amides is 1. The van der Waals surface area contributed by atoms with Gasteiger partial charge in [0.05, 0.1) is 35.4 Å². The predicted octanol–water partition coefficient (Wildman–Crippen LogP) is 5.45. The SMILES string of the molecule is CCC1(OC(=O)CCNC(=O)OC(C)(C)C)C(=O)OC([Si](C)(C)C(C)C)c2c1cc1n(c2=O)Cc2cc3cc(O)ccc3nc2-1. The van der Waals surface area contributed by atoms with E-state index in [1.807, 2.05) is 6.07 Å². The maximum absolute atomic E-state index is 14.5. The lowest BCUT2D eigenvalue weighted by atomic mass is 9.85. The minimum absolute atomic E-state index is 0.0284. The van der Waals surface area contributed by atoms with Crippen molar-refractivity contribution in [1.82, 2.24) is 14.9 Å². The Labute approximate surface area is 262 Å². The van der Waals surface area contributed by atoms with E-state index in [-0.39, 0.29) is 42.8 Å². The molecule has 12 heteroatoms. The van der Waals surface area contributed by atoms with E-state index in [1.165, 1.54) is 0 Å². The second-order valence-corrected chi connectivity index (χ2v) is 19.0. The Balaban J connectivity index is 1.60. The Morgan fingerprint density at radius 2 is 1.91 bits per heavy atom. The summed E-state index contributed by atoms with van der Waals surface area (Å²) in [7, 11) is -2.43. The van der Waals surface area contributed by atoms with Gasteiger partial charge in [-0.1, -0.05) is 33.9 Å². The van der Waals surface area contributed by atoms with Crippen molar-refractivity contribution >= 4 is 37.0 Å². The maximum atomic E-state index is 14.5. The summed E-state index contributed by atoms with van der Waals surface area (Å²) < 4.78 is 19.0. The summed E-state index contributed by atoms with van der Waals surface area (Å²) in [5.74, 6) is -1.34. The Kier molecular flexibility index (Phi) is 8.09. The molecule has 2 aliphatic heterocycles. The highest BCUT2D eigenvalue weighted by molar-refractivity contribution is 6.79. The summed E-state index contributed by atoms with van der Waals surface area (Å²) in [4.78, 5) is 58.6. The van der Waals surface area contributed by atoms with E-state index in [9.17, 15) is 24.3 Å². The number of phenolic OH excluding ortho intramolecular Hbond substituents is 1. The summed E-state index contributed by atoms with van der Waals surface area (Å²) in [6.07, 6.45) is -0.878. The number of phenols is 1. The summed E-state index contributed by atoms with van der Waals surface area (Å²) in [5.41, 5.74) is -0.292. The summed E-state index contributed by atoms with van der Waals surface area (Å²) in [5, 5.41) is 13.3. The van der Waals surface area contributed by atoms with Crippen LogP contribution in [0.25, 0.3) is 22.3 Å². The molecule has 0 spiro atoms. The fourth-order valence-electron chi connectivity index (χ4n) is 5.85. The first-order chi connectivity index (χ1) is 21.0. The molecule has 0 aliphatic carbocycles. The van der Waals surface area contributed by atoms with Crippen LogP contribution in [-0.2, 0) is 35.9 Å². The number of fused-ring (bicyclic) bond motifs is 5. The number of alkyl carbamates (subject to hydrolysis) is 1. The van der Waals surface area contributed by atoms with Crippen molar-refractivity contribution in [3.8, 4) is 17.1 Å². The standard InChI is InChI=1S/C33H41N3O8Si/c1-9-33(43-25(38)12-13-34-31(41)44-32(4,5)6)22-16-24-27-20(14-19-15-21(37)10-11-23(19)35-27)17-36(24)28(39)26(22)29(42-30(33)40)45(7,8)18(2)3/h10-11,14-16,18,29,37H,9,12-13,17H2,1-8H3,(H,34,41). The predicted molar refractivity (Wildman–Crippen MR) is 171 cm³/mol. The van der Waals surface area contributed by atoms with Crippen molar-refractivity contribution in [1.29, 1.82) is 0 Å². The number of cyclic esters (lactones) is 1. The molecule has 11 nitrogen and oxygen atoms in total. The number of nitrogens with zero attached hydrogens (tertiary/aromatic N) is 2. The van der Waals surface area contributed by atoms with Crippen LogP contribution in [-0.4, -0.2) is 52.9 Å². The fourth-order valence-corrected chi connectivity index (χ4v) is 7.89. The van der Waals surface area contributed by atoms with Crippen LogP contribution < -0.4 is 10.9 Å². The average Bonchev–Trinajstić information content (AvgIpc) is 3.29. The van der Waals surface area contributed by atoms with Gasteiger partial charge in [-0.15, -0.1) is 0 Å². The third-order valence-electron chi connectivity index (χ3n) is 8.98. The topological polar surface area (TPSA) is 146 Å². The third kappa shape index (κ3) is 5.71. The number of hydrogen-bond acceptors (Lipinski definition) is 9. The van der Waals surface area contributed by atoms with Gasteiger partial charge in [0.25, 0.3) is 5.56 Å². The molecule has 2 aliphatic rings. The zero-order valence-electron chi connectivity index (χ0n) is 27.1. The van der Waals surface area contributed by atoms with Crippen molar-refractivity contribution in [2.24, 2.45) is 0 Å². The highest BCUT2D eigenvalue weighted by Gasteiger charge is 2.56. The van der Waals surface area contributed by atoms with E-state index in [0.717, 1.165) is 10.9 Å². The van der Waals surface area contributed by atoms with Gasteiger partial charge in [0.1, 0.15) is 25.2 Å². The molecule has 4 heterocycles. The quantitative estimate of drug-likeness (QED) is 0.154. The Morgan fingerprint density at radius 3 is 2.56 bits per heavy atom. The van der Waals surface area contributed by atoms with Gasteiger partial charge in [-0.25, -0.2) is 14.6 Å². The van der Waals surface area contributed by atoms with Crippen LogP contribution >= 0.6 is 0 Å². The normalized spacial score (nSPS) is 19.0. The second-order valence-electron chi connectivity index (χ2n) is 13.7. The molecule has 0 saturated heterocycles. The number of aromatic hydroxyl groups is 1. The molecule has 0 bridgehead atoms. The van der Waals surface area contributed by atoms with E-state index in [2.05, 4.69) is 32.3 Å². The number of hydrogen-bond donors (Lipinski definition) is 2. The van der Waals surface area contributed by atoms with E-state index in [0.29, 0.717) is 28.0 Å². The van der Waals surface area contributed by atoms with Gasteiger partial charge in [0.15, 0.2) is 0 Å². The van der Waals surface area contributed by atoms with E-state index >= 15 is 0 Å². The van der Waals surface area contributed by atoms with E-state index in [1.54, 1.807) is 56.5 Å². The van der Waals surface area contributed by atoms with Crippen molar-refractivity contribution < 1.29 is 33.7 Å². The number of aromatic nitrogens is 2. The van der Waals surface area contributed by atoms with Crippen LogP contribution in [0.2, 0.25) is 18.6 Å². The Morgan fingerprint density at radius 1 is 1.20 bits per heavy atom. The number of rotatable bonds is 7. The molecule has 3 aromatic rings. The molecule has 1 amide bonds.